The van der Waals surface area contributed by atoms with Gasteiger partial charge in [-0.25, -0.2) is 4.98 Å². The fourth-order valence-electron chi connectivity index (χ4n) is 1.20. The lowest BCUT2D eigenvalue weighted by Crippen LogP contribution is -1.95. The first-order valence-corrected chi connectivity index (χ1v) is 5.35. The third kappa shape index (κ3) is 2.53. The molecular weight excluding hydrogens is 254 g/mol. The van der Waals surface area contributed by atoms with Gasteiger partial charge in [-0.2, -0.15) is 0 Å². The van der Waals surface area contributed by atoms with Crippen LogP contribution >= 0.6 is 15.9 Å². The van der Waals surface area contributed by atoms with E-state index < -0.39 is 0 Å². The predicted molar refractivity (Wildman–Crippen MR) is 64.2 cm³/mol. The van der Waals surface area contributed by atoms with Crippen LogP contribution in [0.4, 0.5) is 11.5 Å². The lowest BCUT2D eigenvalue weighted by molar-refractivity contribution is 1.18. The van der Waals surface area contributed by atoms with E-state index in [1.807, 2.05) is 31.2 Å². The van der Waals surface area contributed by atoms with Gasteiger partial charge in [-0.05, 0) is 47.1 Å². The zero-order valence-electron chi connectivity index (χ0n) is 8.24. The highest BCUT2D eigenvalue weighted by atomic mass is 79.9. The number of nitrogens with zero attached hydrogens (tertiary/aromatic N) is 2. The minimum atomic E-state index is 0.835. The molecule has 0 saturated carbocycles. The van der Waals surface area contributed by atoms with Gasteiger partial charge in [0.15, 0.2) is 0 Å². The first-order valence-electron chi connectivity index (χ1n) is 4.56. The Morgan fingerprint density at radius 3 is 2.53 bits per heavy atom. The summed E-state index contributed by atoms with van der Waals surface area (Å²) in [5, 5.41) is 3.20. The molecular formula is C11H10BrN3. The number of anilines is 2. The van der Waals surface area contributed by atoms with Gasteiger partial charge in [0.2, 0.25) is 0 Å². The molecule has 0 atom stereocenters. The second-order valence-corrected chi connectivity index (χ2v) is 3.98. The highest BCUT2D eigenvalue weighted by Crippen LogP contribution is 2.18. The maximum absolute atomic E-state index is 4.39. The van der Waals surface area contributed by atoms with E-state index in [-0.39, 0.29) is 0 Å². The third-order valence-electron chi connectivity index (χ3n) is 1.97. The lowest BCUT2D eigenvalue weighted by Gasteiger charge is -2.06. The van der Waals surface area contributed by atoms with Crippen molar-refractivity contribution in [1.82, 2.24) is 9.97 Å². The van der Waals surface area contributed by atoms with Crippen molar-refractivity contribution in [3.8, 4) is 0 Å². The highest BCUT2D eigenvalue weighted by Gasteiger charge is 1.98. The first kappa shape index (κ1) is 10.1. The molecule has 0 aromatic carbocycles. The Morgan fingerprint density at radius 1 is 1.13 bits per heavy atom. The van der Waals surface area contributed by atoms with Gasteiger partial charge in [-0.3, -0.25) is 4.98 Å². The molecule has 0 aliphatic rings. The molecule has 1 N–H and O–H groups in total. The first-order chi connectivity index (χ1) is 7.25. The van der Waals surface area contributed by atoms with Gasteiger partial charge in [-0.15, -0.1) is 0 Å². The van der Waals surface area contributed by atoms with E-state index >= 15 is 0 Å². The van der Waals surface area contributed by atoms with Crippen molar-refractivity contribution in [3.05, 3.63) is 46.8 Å². The maximum Gasteiger partial charge on any atom is 0.130 e. The fourth-order valence-corrected chi connectivity index (χ4v) is 1.42. The molecule has 3 nitrogen and oxygen atoms in total. The molecule has 76 valence electrons. The Labute approximate surface area is 96.7 Å². The van der Waals surface area contributed by atoms with Crippen LogP contribution in [0.15, 0.2) is 41.1 Å². The molecule has 0 unspecified atom stereocenters. The normalized spacial score (nSPS) is 10.0. The van der Waals surface area contributed by atoms with Gasteiger partial charge in [0.1, 0.15) is 5.82 Å². The van der Waals surface area contributed by atoms with Crippen LogP contribution in [0.25, 0.3) is 0 Å². The van der Waals surface area contributed by atoms with Crippen molar-refractivity contribution in [2.75, 3.05) is 5.32 Å². The van der Waals surface area contributed by atoms with Crippen LogP contribution in [0.1, 0.15) is 5.69 Å². The molecule has 2 aromatic rings. The number of rotatable bonds is 2. The second kappa shape index (κ2) is 4.40. The van der Waals surface area contributed by atoms with Crippen molar-refractivity contribution in [1.29, 1.82) is 0 Å². The van der Waals surface area contributed by atoms with E-state index in [0.29, 0.717) is 0 Å². The molecule has 0 amide bonds. The van der Waals surface area contributed by atoms with Gasteiger partial charge < -0.3 is 5.32 Å². The molecule has 0 saturated heterocycles. The molecule has 0 bridgehead atoms. The molecule has 15 heavy (non-hydrogen) atoms. The van der Waals surface area contributed by atoms with Gasteiger partial charge >= 0.3 is 0 Å². The van der Waals surface area contributed by atoms with E-state index in [1.165, 1.54) is 0 Å². The van der Waals surface area contributed by atoms with Crippen LogP contribution < -0.4 is 5.32 Å². The van der Waals surface area contributed by atoms with Crippen LogP contribution in [0, 0.1) is 6.92 Å². The topological polar surface area (TPSA) is 37.8 Å². The summed E-state index contributed by atoms with van der Waals surface area (Å²) in [6, 6.07) is 7.71. The largest absolute Gasteiger partial charge is 0.340 e. The van der Waals surface area contributed by atoms with E-state index in [2.05, 4.69) is 31.2 Å². The number of hydrogen-bond acceptors (Lipinski definition) is 3. The maximum atomic E-state index is 4.39. The molecule has 2 heterocycles. The van der Waals surface area contributed by atoms with Gasteiger partial charge in [0.25, 0.3) is 0 Å². The van der Waals surface area contributed by atoms with Gasteiger partial charge in [-0.1, -0.05) is 0 Å². The molecule has 0 radical (unpaired) electrons. The summed E-state index contributed by atoms with van der Waals surface area (Å²) in [5.41, 5.74) is 1.95. The van der Waals surface area contributed by atoms with E-state index in [0.717, 1.165) is 21.7 Å². The van der Waals surface area contributed by atoms with Crippen molar-refractivity contribution in [2.45, 2.75) is 6.92 Å². The zero-order valence-corrected chi connectivity index (χ0v) is 9.82. The SMILES string of the molecule is Cc1nc(Nc2ccncc2)ccc1Br. The number of nitrogens with one attached hydrogen (secondary N) is 1. The summed E-state index contributed by atoms with van der Waals surface area (Å²) in [4.78, 5) is 8.34. The molecule has 4 heteroatoms. The fraction of sp³-hybridized carbons (Fsp3) is 0.0909. The summed E-state index contributed by atoms with van der Waals surface area (Å²) in [7, 11) is 0. The van der Waals surface area contributed by atoms with Crippen LogP contribution in [-0.4, -0.2) is 9.97 Å². The van der Waals surface area contributed by atoms with Crippen LogP contribution in [0.5, 0.6) is 0 Å². The molecule has 2 aromatic heterocycles. The van der Waals surface area contributed by atoms with E-state index in [9.17, 15) is 0 Å². The number of aryl methyl sites for hydroxylation is 1. The van der Waals surface area contributed by atoms with Gasteiger partial charge in [0, 0.05) is 22.6 Å². The summed E-state index contributed by atoms with van der Waals surface area (Å²) < 4.78 is 1.02. The van der Waals surface area contributed by atoms with Crippen molar-refractivity contribution in [2.24, 2.45) is 0 Å². The van der Waals surface area contributed by atoms with E-state index in [4.69, 9.17) is 0 Å². The lowest BCUT2D eigenvalue weighted by atomic mass is 10.3. The Balaban J connectivity index is 2.22. The number of halogens is 1. The van der Waals surface area contributed by atoms with Crippen LogP contribution in [0.3, 0.4) is 0 Å². The highest BCUT2D eigenvalue weighted by molar-refractivity contribution is 9.10. The minimum absolute atomic E-state index is 0.835. The average molecular weight is 264 g/mol. The summed E-state index contributed by atoms with van der Waals surface area (Å²) in [6.07, 6.45) is 3.49. The van der Waals surface area contributed by atoms with Crippen LogP contribution in [0.2, 0.25) is 0 Å². The number of hydrogen-bond donors (Lipinski definition) is 1. The Morgan fingerprint density at radius 2 is 1.87 bits per heavy atom. The summed E-state index contributed by atoms with van der Waals surface area (Å²) in [5.74, 6) is 0.835. The molecule has 0 aliphatic carbocycles. The smallest absolute Gasteiger partial charge is 0.130 e. The predicted octanol–water partition coefficient (Wildman–Crippen LogP) is 3.29. The Hall–Kier alpha value is -1.42. The molecule has 2 rings (SSSR count). The average Bonchev–Trinajstić information content (AvgIpc) is 2.25. The van der Waals surface area contributed by atoms with Crippen molar-refractivity contribution in [3.63, 3.8) is 0 Å². The Bertz CT molecular complexity index is 457. The zero-order chi connectivity index (χ0) is 10.7. The number of aromatic nitrogens is 2. The Kier molecular flexibility index (Phi) is 2.97. The summed E-state index contributed by atoms with van der Waals surface area (Å²) >= 11 is 3.41. The quantitative estimate of drug-likeness (QED) is 0.904. The third-order valence-corrected chi connectivity index (χ3v) is 2.81. The number of pyridine rings is 2. The molecule has 0 fully saturated rings. The monoisotopic (exact) mass is 263 g/mol. The van der Waals surface area contributed by atoms with Crippen molar-refractivity contribution >= 4 is 27.4 Å². The van der Waals surface area contributed by atoms with E-state index in [1.54, 1.807) is 12.4 Å². The van der Waals surface area contributed by atoms with Gasteiger partial charge in [0.05, 0.1) is 5.69 Å². The molecule has 0 aliphatic heterocycles. The van der Waals surface area contributed by atoms with Crippen molar-refractivity contribution < 1.29 is 0 Å². The second-order valence-electron chi connectivity index (χ2n) is 3.12. The standard InChI is InChI=1S/C11H10BrN3/c1-8-10(12)2-3-11(14-8)15-9-4-6-13-7-5-9/h2-7H,1H3,(H,13,14,15). The van der Waals surface area contributed by atoms with Crippen LogP contribution in [-0.2, 0) is 0 Å². The molecule has 0 spiro atoms. The minimum Gasteiger partial charge on any atom is -0.340 e. The summed E-state index contributed by atoms with van der Waals surface area (Å²) in [6.45, 7) is 1.96.